The van der Waals surface area contributed by atoms with Crippen LogP contribution in [-0.2, 0) is 4.79 Å². The number of hydrogen-bond donors (Lipinski definition) is 0. The molecule has 1 aliphatic heterocycles. The van der Waals surface area contributed by atoms with E-state index in [2.05, 4.69) is 14.1 Å². The number of rotatable bonds is 1. The largest absolute Gasteiger partial charge is 0.300 e. The Balaban J connectivity index is 2.33. The smallest absolute Gasteiger partial charge is 0.133 e. The summed E-state index contributed by atoms with van der Waals surface area (Å²) in [6.45, 7) is 3.80. The molecular weight excluding hydrogens is 145 g/mol. The molecule has 0 aromatic rings. The summed E-state index contributed by atoms with van der Waals surface area (Å²) in [6.07, 6.45) is 2.08. The van der Waals surface area contributed by atoms with E-state index in [-0.39, 0.29) is 0 Å². The van der Waals surface area contributed by atoms with Crippen LogP contribution in [0.1, 0.15) is 19.8 Å². The van der Waals surface area contributed by atoms with E-state index in [0.717, 1.165) is 25.9 Å². The summed E-state index contributed by atoms with van der Waals surface area (Å²) in [7, 11) is 2.68. The quantitative estimate of drug-likeness (QED) is 0.533. The van der Waals surface area contributed by atoms with Gasteiger partial charge >= 0.3 is 0 Å². The Morgan fingerprint density at radius 1 is 1.50 bits per heavy atom. The van der Waals surface area contributed by atoms with Crippen molar-refractivity contribution in [2.45, 2.75) is 19.8 Å². The van der Waals surface area contributed by atoms with Gasteiger partial charge in [0.2, 0.25) is 0 Å². The van der Waals surface area contributed by atoms with Crippen molar-refractivity contribution in [2.24, 2.45) is 5.92 Å². The van der Waals surface area contributed by atoms with Crippen molar-refractivity contribution < 1.29 is 4.79 Å². The molecule has 0 saturated carbocycles. The Kier molecular flexibility index (Phi) is 2.82. The average molecular weight is 159 g/mol. The van der Waals surface area contributed by atoms with Crippen LogP contribution in [0.25, 0.3) is 0 Å². The molecule has 58 valence electrons. The van der Waals surface area contributed by atoms with Crippen LogP contribution in [0.2, 0.25) is 0 Å². The van der Waals surface area contributed by atoms with Crippen LogP contribution in [0.3, 0.4) is 0 Å². The summed E-state index contributed by atoms with van der Waals surface area (Å²) in [4.78, 5) is 10.9. The lowest BCUT2D eigenvalue weighted by molar-refractivity contribution is -0.121. The number of carbonyl (C=O) groups is 1. The van der Waals surface area contributed by atoms with Gasteiger partial charge in [0.05, 0.1) is 0 Å². The van der Waals surface area contributed by atoms with E-state index in [9.17, 15) is 4.79 Å². The molecule has 1 rings (SSSR count). The van der Waals surface area contributed by atoms with Gasteiger partial charge in [0.15, 0.2) is 0 Å². The van der Waals surface area contributed by atoms with Gasteiger partial charge in [0, 0.05) is 19.0 Å². The molecule has 1 fully saturated rings. The minimum Gasteiger partial charge on any atom is -0.300 e. The maximum Gasteiger partial charge on any atom is 0.133 e. The molecule has 1 atom stereocenters. The van der Waals surface area contributed by atoms with Crippen molar-refractivity contribution in [2.75, 3.05) is 13.1 Å². The first-order chi connectivity index (χ1) is 4.70. The van der Waals surface area contributed by atoms with Crippen LogP contribution < -0.4 is 0 Å². The second kappa shape index (κ2) is 3.45. The molecule has 0 radical (unpaired) electrons. The van der Waals surface area contributed by atoms with Crippen molar-refractivity contribution in [3.8, 4) is 0 Å². The molecule has 0 N–H and O–H groups in total. The lowest BCUT2D eigenvalue weighted by Crippen LogP contribution is -2.29. The van der Waals surface area contributed by atoms with E-state index < -0.39 is 0 Å². The van der Waals surface area contributed by atoms with Crippen LogP contribution in [0.5, 0.6) is 0 Å². The zero-order chi connectivity index (χ0) is 7.56. The highest BCUT2D eigenvalue weighted by Gasteiger charge is 2.19. The molecule has 1 aliphatic rings. The lowest BCUT2D eigenvalue weighted by Gasteiger charge is -2.26. The Bertz CT molecular complexity index is 130. The van der Waals surface area contributed by atoms with E-state index in [4.69, 9.17) is 0 Å². The maximum atomic E-state index is 10.9. The number of carbonyl (C=O) groups excluding carboxylic acids is 1. The molecule has 1 heterocycles. The highest BCUT2D eigenvalue weighted by molar-refractivity contribution is 7.13. The highest BCUT2D eigenvalue weighted by Crippen LogP contribution is 2.19. The van der Waals surface area contributed by atoms with E-state index >= 15 is 0 Å². The number of hydrogen-bond acceptors (Lipinski definition) is 2. The van der Waals surface area contributed by atoms with E-state index in [1.165, 1.54) is 0 Å². The summed E-state index contributed by atoms with van der Waals surface area (Å²) in [6, 6.07) is 0. The molecule has 3 heteroatoms. The third-order valence-electron chi connectivity index (χ3n) is 2.10. The van der Waals surface area contributed by atoms with Crippen molar-refractivity contribution in [1.82, 2.24) is 4.67 Å². The molecule has 1 unspecified atom stereocenters. The van der Waals surface area contributed by atoms with Gasteiger partial charge in [-0.3, -0.25) is 9.46 Å². The Hall–Kier alpha value is 0.0600. The summed E-state index contributed by atoms with van der Waals surface area (Å²) >= 11 is 0. The molecule has 0 aliphatic carbocycles. The zero-order valence-electron chi connectivity index (χ0n) is 6.34. The summed E-state index contributed by atoms with van der Waals surface area (Å²) in [5, 5.41) is 0. The second-order valence-electron chi connectivity index (χ2n) is 2.92. The molecule has 0 amide bonds. The third kappa shape index (κ3) is 2.03. The lowest BCUT2D eigenvalue weighted by atomic mass is 9.95. The summed E-state index contributed by atoms with van der Waals surface area (Å²) in [5.74, 6) is 0.704. The molecule has 1 saturated heterocycles. The van der Waals surface area contributed by atoms with Gasteiger partial charge < -0.3 is 0 Å². The molecule has 10 heavy (non-hydrogen) atoms. The monoisotopic (exact) mass is 159 g/mol. The van der Waals surface area contributed by atoms with Gasteiger partial charge in [-0.05, 0) is 19.8 Å². The minimum absolute atomic E-state index is 0.344. The van der Waals surface area contributed by atoms with Crippen molar-refractivity contribution >= 4 is 15.2 Å². The normalized spacial score (nSPS) is 23.0. The number of ketones is 1. The Morgan fingerprint density at radius 3 is 2.40 bits per heavy atom. The number of nitrogens with zero attached hydrogens (tertiary/aromatic N) is 1. The number of piperidine rings is 1. The topological polar surface area (TPSA) is 20.3 Å². The molecule has 0 bridgehead atoms. The van der Waals surface area contributed by atoms with Crippen LogP contribution in [0.15, 0.2) is 0 Å². The fraction of sp³-hybridized carbons (Fsp3) is 0.857. The Morgan fingerprint density at radius 2 is 2.00 bits per heavy atom. The van der Waals surface area contributed by atoms with E-state index in [0.29, 0.717) is 11.7 Å². The maximum absolute atomic E-state index is 10.9. The third-order valence-corrected chi connectivity index (χ3v) is 2.62. The fourth-order valence-corrected chi connectivity index (χ4v) is 1.60. The van der Waals surface area contributed by atoms with Crippen LogP contribution in [0, 0.1) is 5.92 Å². The van der Waals surface area contributed by atoms with Gasteiger partial charge in [-0.2, -0.15) is 0 Å². The standard InChI is InChI=1S/C7H14NOP/c1-6(9)7-2-4-8(10)5-3-7/h7H,2-5,10H2,1H3. The first kappa shape index (κ1) is 8.16. The van der Waals surface area contributed by atoms with Gasteiger partial charge in [-0.15, -0.1) is 0 Å². The van der Waals surface area contributed by atoms with Crippen molar-refractivity contribution in [1.29, 1.82) is 0 Å². The first-order valence-corrected chi connectivity index (χ1v) is 4.22. The van der Waals surface area contributed by atoms with Gasteiger partial charge in [0.25, 0.3) is 0 Å². The van der Waals surface area contributed by atoms with Gasteiger partial charge in [-0.25, -0.2) is 0 Å². The van der Waals surface area contributed by atoms with Crippen LogP contribution in [-0.4, -0.2) is 23.5 Å². The van der Waals surface area contributed by atoms with E-state index in [1.54, 1.807) is 6.92 Å². The molecule has 2 nitrogen and oxygen atoms in total. The van der Waals surface area contributed by atoms with Crippen molar-refractivity contribution in [3.63, 3.8) is 0 Å². The predicted molar refractivity (Wildman–Crippen MR) is 44.7 cm³/mol. The van der Waals surface area contributed by atoms with Gasteiger partial charge in [-0.1, -0.05) is 9.39 Å². The summed E-state index contributed by atoms with van der Waals surface area (Å²) < 4.78 is 2.19. The number of Topliss-reactive ketones (excluding diaryl/α,β-unsaturated/α-hetero) is 1. The second-order valence-corrected chi connectivity index (χ2v) is 3.65. The predicted octanol–water partition coefficient (Wildman–Crippen LogP) is 1.08. The summed E-state index contributed by atoms with van der Waals surface area (Å²) in [5.41, 5.74) is 0. The SMILES string of the molecule is CC(=O)C1CCN(P)CC1. The van der Waals surface area contributed by atoms with Gasteiger partial charge in [0.1, 0.15) is 5.78 Å². The molecule has 0 aromatic heterocycles. The average Bonchev–Trinajstić information content (AvgIpc) is 1.88. The minimum atomic E-state index is 0.344. The Labute approximate surface area is 64.2 Å². The first-order valence-electron chi connectivity index (χ1n) is 3.70. The fourth-order valence-electron chi connectivity index (χ4n) is 1.31. The van der Waals surface area contributed by atoms with Crippen LogP contribution in [0.4, 0.5) is 0 Å². The molecule has 0 aromatic carbocycles. The van der Waals surface area contributed by atoms with Crippen LogP contribution >= 0.6 is 9.39 Å². The van der Waals surface area contributed by atoms with Crippen molar-refractivity contribution in [3.05, 3.63) is 0 Å². The highest BCUT2D eigenvalue weighted by atomic mass is 31.0. The zero-order valence-corrected chi connectivity index (χ0v) is 7.49. The molecular formula is C7H14NOP. The molecule has 0 spiro atoms. The van der Waals surface area contributed by atoms with E-state index in [1.807, 2.05) is 0 Å².